The highest BCUT2D eigenvalue weighted by atomic mass is 32.2. The Morgan fingerprint density at radius 3 is 2.27 bits per heavy atom. The van der Waals surface area contributed by atoms with Crippen molar-refractivity contribution >= 4 is 11.8 Å². The first-order valence-corrected chi connectivity index (χ1v) is 11.1. The van der Waals surface area contributed by atoms with Gasteiger partial charge >= 0.3 is 0 Å². The Morgan fingerprint density at radius 1 is 1.20 bits per heavy atom. The van der Waals surface area contributed by atoms with Crippen molar-refractivity contribution in [3.8, 4) is 18.2 Å². The molecule has 2 atom stereocenters. The molecule has 6 nitrogen and oxygen atoms in total. The number of likely N-dealkylation sites (N-methyl/N-ethyl adjacent to an activating group) is 1. The van der Waals surface area contributed by atoms with Crippen LogP contribution in [0.4, 0.5) is 0 Å². The second-order valence-electron chi connectivity index (χ2n) is 7.12. The quantitative estimate of drug-likeness (QED) is 0.719. The van der Waals surface area contributed by atoms with Crippen molar-refractivity contribution in [1.82, 2.24) is 4.90 Å². The number of allylic oxidation sites excluding steroid dienone is 2. The molecule has 3 N–H and O–H groups in total. The van der Waals surface area contributed by atoms with E-state index in [1.165, 1.54) is 0 Å². The van der Waals surface area contributed by atoms with Crippen LogP contribution in [0.25, 0.3) is 0 Å². The van der Waals surface area contributed by atoms with Gasteiger partial charge in [-0.3, -0.25) is 4.90 Å². The van der Waals surface area contributed by atoms with Crippen LogP contribution >= 0.6 is 11.8 Å². The summed E-state index contributed by atoms with van der Waals surface area (Å²) < 4.78 is 0. The highest BCUT2D eigenvalue weighted by Crippen LogP contribution is 2.54. The fourth-order valence-corrected chi connectivity index (χ4v) is 4.59. The second kappa shape index (κ2) is 10.3. The van der Waals surface area contributed by atoms with Gasteiger partial charge in [0.1, 0.15) is 6.07 Å². The van der Waals surface area contributed by atoms with Gasteiger partial charge in [-0.05, 0) is 43.0 Å². The summed E-state index contributed by atoms with van der Waals surface area (Å²) in [5.74, 6) is -0.541. The van der Waals surface area contributed by atoms with Gasteiger partial charge in [-0.1, -0.05) is 25.1 Å². The molecule has 1 heterocycles. The van der Waals surface area contributed by atoms with Gasteiger partial charge in [-0.25, -0.2) is 0 Å². The molecule has 0 spiro atoms. The molecule has 1 aromatic rings. The third-order valence-electron chi connectivity index (χ3n) is 5.66. The van der Waals surface area contributed by atoms with Crippen LogP contribution in [0, 0.1) is 45.3 Å². The molecular weight excluding hydrogens is 394 g/mol. The van der Waals surface area contributed by atoms with Crippen molar-refractivity contribution in [3.63, 3.8) is 0 Å². The standard InChI is InChI=1S/C21H21N5S.C2H6O/c1-3-26-9-8-16-17(10-22)20(25)21(12-23,13-24)19(18(16)11-26)14-4-6-15(27-2)7-5-14;1-2-3/h4-8,18-19H,3,9,11,25H2,1-2H3;3H,2H2,1H3. The lowest BCUT2D eigenvalue weighted by Crippen LogP contribution is -2.48. The molecular formula is C23H27N5OS. The Bertz CT molecular complexity index is 932. The maximum Gasteiger partial charge on any atom is 0.191 e. The van der Waals surface area contributed by atoms with E-state index < -0.39 is 11.3 Å². The molecule has 0 radical (unpaired) electrons. The number of aliphatic hydroxyl groups excluding tert-OH is 1. The van der Waals surface area contributed by atoms with Crippen LogP contribution in [0.1, 0.15) is 25.3 Å². The zero-order valence-electron chi connectivity index (χ0n) is 17.6. The first kappa shape index (κ1) is 23.5. The molecule has 0 fully saturated rings. The lowest BCUT2D eigenvalue weighted by atomic mass is 9.58. The van der Waals surface area contributed by atoms with Gasteiger partial charge < -0.3 is 10.8 Å². The van der Waals surface area contributed by atoms with Crippen molar-refractivity contribution in [1.29, 1.82) is 15.8 Å². The van der Waals surface area contributed by atoms with Crippen molar-refractivity contribution in [2.75, 3.05) is 32.5 Å². The molecule has 1 aromatic carbocycles. The maximum absolute atomic E-state index is 10.0. The topological polar surface area (TPSA) is 121 Å². The molecule has 156 valence electrons. The van der Waals surface area contributed by atoms with Crippen molar-refractivity contribution < 1.29 is 5.11 Å². The van der Waals surface area contributed by atoms with E-state index in [-0.39, 0.29) is 18.2 Å². The van der Waals surface area contributed by atoms with Gasteiger partial charge in [0.15, 0.2) is 5.41 Å². The van der Waals surface area contributed by atoms with E-state index in [4.69, 9.17) is 10.8 Å². The lowest BCUT2D eigenvalue weighted by molar-refractivity contribution is 0.214. The number of rotatable bonds is 3. The van der Waals surface area contributed by atoms with E-state index in [9.17, 15) is 15.8 Å². The van der Waals surface area contributed by atoms with E-state index in [2.05, 4.69) is 30.0 Å². The molecule has 0 saturated heterocycles. The fraction of sp³-hybridized carbons (Fsp3) is 0.435. The van der Waals surface area contributed by atoms with Crippen LogP contribution in [0.2, 0.25) is 0 Å². The van der Waals surface area contributed by atoms with Crippen molar-refractivity contribution in [3.05, 3.63) is 52.7 Å². The van der Waals surface area contributed by atoms with Gasteiger partial charge in [0.2, 0.25) is 0 Å². The first-order valence-electron chi connectivity index (χ1n) is 9.88. The highest BCUT2D eigenvalue weighted by molar-refractivity contribution is 7.98. The molecule has 2 aliphatic rings. The van der Waals surface area contributed by atoms with Gasteiger partial charge in [-0.2, -0.15) is 15.8 Å². The Morgan fingerprint density at radius 2 is 1.80 bits per heavy atom. The van der Waals surface area contributed by atoms with Crippen LogP contribution in [0.3, 0.4) is 0 Å². The largest absolute Gasteiger partial charge is 0.399 e. The summed E-state index contributed by atoms with van der Waals surface area (Å²) in [6.07, 6.45) is 4.04. The predicted molar refractivity (Wildman–Crippen MR) is 118 cm³/mol. The summed E-state index contributed by atoms with van der Waals surface area (Å²) in [6, 6.07) is 14.5. The van der Waals surface area contributed by atoms with Gasteiger partial charge in [-0.15, -0.1) is 11.8 Å². The van der Waals surface area contributed by atoms with Gasteiger partial charge in [0.05, 0.1) is 23.4 Å². The molecule has 1 aliphatic heterocycles. The average molecular weight is 422 g/mol. The van der Waals surface area contributed by atoms with Crippen LogP contribution in [-0.4, -0.2) is 42.5 Å². The second-order valence-corrected chi connectivity index (χ2v) is 8.00. The van der Waals surface area contributed by atoms with E-state index in [1.54, 1.807) is 18.7 Å². The highest BCUT2D eigenvalue weighted by Gasteiger charge is 2.54. The van der Waals surface area contributed by atoms with Crippen molar-refractivity contribution in [2.24, 2.45) is 17.1 Å². The maximum atomic E-state index is 10.0. The minimum atomic E-state index is -1.55. The summed E-state index contributed by atoms with van der Waals surface area (Å²) in [7, 11) is 0. The first-order chi connectivity index (χ1) is 14.5. The van der Waals surface area contributed by atoms with Crippen LogP contribution in [-0.2, 0) is 0 Å². The van der Waals surface area contributed by atoms with E-state index in [0.29, 0.717) is 12.1 Å². The summed E-state index contributed by atoms with van der Waals surface area (Å²) in [4.78, 5) is 3.37. The predicted octanol–water partition coefficient (Wildman–Crippen LogP) is 3.15. The average Bonchev–Trinajstić information content (AvgIpc) is 2.79. The summed E-state index contributed by atoms with van der Waals surface area (Å²) in [5, 5.41) is 37.4. The number of nitriles is 3. The number of benzene rings is 1. The zero-order chi connectivity index (χ0) is 22.3. The molecule has 3 rings (SSSR count). The summed E-state index contributed by atoms with van der Waals surface area (Å²) in [6.45, 7) is 6.32. The molecule has 0 bridgehead atoms. The number of aliphatic hydroxyl groups is 1. The minimum Gasteiger partial charge on any atom is -0.399 e. The molecule has 0 saturated carbocycles. The third kappa shape index (κ3) is 4.09. The third-order valence-corrected chi connectivity index (χ3v) is 6.41. The Balaban J connectivity index is 0.00000101. The fourth-order valence-electron chi connectivity index (χ4n) is 4.19. The number of fused-ring (bicyclic) bond motifs is 1. The number of nitrogens with two attached hydrogens (primary N) is 1. The van der Waals surface area contributed by atoms with E-state index in [0.717, 1.165) is 29.1 Å². The number of hydrogen-bond acceptors (Lipinski definition) is 7. The van der Waals surface area contributed by atoms with Crippen LogP contribution in [0.15, 0.2) is 52.1 Å². The number of nitrogens with zero attached hydrogens (tertiary/aromatic N) is 4. The molecule has 30 heavy (non-hydrogen) atoms. The molecule has 0 aromatic heterocycles. The van der Waals surface area contributed by atoms with Crippen LogP contribution < -0.4 is 5.73 Å². The number of hydrogen-bond donors (Lipinski definition) is 2. The summed E-state index contributed by atoms with van der Waals surface area (Å²) >= 11 is 1.64. The Kier molecular flexibility index (Phi) is 8.09. The monoisotopic (exact) mass is 421 g/mol. The zero-order valence-corrected chi connectivity index (χ0v) is 18.4. The van der Waals surface area contributed by atoms with Crippen LogP contribution in [0.5, 0.6) is 0 Å². The Labute approximate surface area is 182 Å². The van der Waals surface area contributed by atoms with Crippen molar-refractivity contribution in [2.45, 2.75) is 24.7 Å². The molecule has 0 amide bonds. The molecule has 7 heteroatoms. The summed E-state index contributed by atoms with van der Waals surface area (Å²) in [5.41, 5.74) is 6.92. The molecule has 1 aliphatic carbocycles. The van der Waals surface area contributed by atoms with E-state index in [1.807, 2.05) is 36.6 Å². The van der Waals surface area contributed by atoms with Gasteiger partial charge in [0.25, 0.3) is 0 Å². The van der Waals surface area contributed by atoms with E-state index >= 15 is 0 Å². The number of thioether (sulfide) groups is 1. The normalized spacial score (nSPS) is 22.4. The lowest BCUT2D eigenvalue weighted by Gasteiger charge is -2.45. The minimum absolute atomic E-state index is 0.0846. The SMILES string of the molecule is CCN1CC=C2C(C#N)=C(N)C(C#N)(C#N)C(c3ccc(SC)cc3)C2C1.CCO. The molecule has 2 unspecified atom stereocenters. The smallest absolute Gasteiger partial charge is 0.191 e. The Hall–Kier alpha value is -2.76. The van der Waals surface area contributed by atoms with Gasteiger partial charge in [0, 0.05) is 36.4 Å².